The van der Waals surface area contributed by atoms with Crippen LogP contribution in [-0.4, -0.2) is 37.0 Å². The molecule has 1 saturated carbocycles. The van der Waals surface area contributed by atoms with Gasteiger partial charge in [0.1, 0.15) is 0 Å². The predicted octanol–water partition coefficient (Wildman–Crippen LogP) is 3.19. The third-order valence-electron chi connectivity index (χ3n) is 5.01. The number of hydrogen-bond donors (Lipinski definition) is 1. The van der Waals surface area contributed by atoms with E-state index in [9.17, 15) is 4.79 Å². The lowest BCUT2D eigenvalue weighted by molar-refractivity contribution is 0.0661. The Balaban J connectivity index is 1.67. The molecule has 1 aliphatic heterocycles. The highest BCUT2D eigenvalue weighted by Gasteiger charge is 2.37. The van der Waals surface area contributed by atoms with Gasteiger partial charge in [0.15, 0.2) is 0 Å². The average Bonchev–Trinajstić information content (AvgIpc) is 2.47. The zero-order chi connectivity index (χ0) is 14.8. The van der Waals surface area contributed by atoms with Crippen LogP contribution in [0.5, 0.6) is 0 Å². The van der Waals surface area contributed by atoms with Crippen LogP contribution in [0, 0.1) is 11.8 Å². The number of carbonyl (C=O) groups excluding carboxylic acids is 1. The highest BCUT2D eigenvalue weighted by atomic mass is 35.5. The number of benzene rings is 1. The van der Waals surface area contributed by atoms with Gasteiger partial charge >= 0.3 is 0 Å². The summed E-state index contributed by atoms with van der Waals surface area (Å²) in [5.41, 5.74) is 0.664. The summed E-state index contributed by atoms with van der Waals surface area (Å²) < 4.78 is 0. The van der Waals surface area contributed by atoms with Crippen molar-refractivity contribution in [3.8, 4) is 0 Å². The second-order valence-electron chi connectivity index (χ2n) is 6.50. The normalized spacial score (nSPS) is 29.7. The maximum atomic E-state index is 12.4. The summed E-state index contributed by atoms with van der Waals surface area (Å²) in [5.74, 6) is 1.39. The monoisotopic (exact) mass is 306 g/mol. The summed E-state index contributed by atoms with van der Waals surface area (Å²) in [6.45, 7) is 2.32. The standard InChI is InChI=1S/C17H23ClN2O/c1-20-9-8-15-13(11-20)5-3-7-16(15)19-17(21)12-4-2-6-14(18)10-12/h2,4,6,10,13,15-16H,3,5,7-9,11H2,1H3,(H,19,21)/t13-,15-,16-/m0/s1. The molecule has 3 nitrogen and oxygen atoms in total. The Labute approximate surface area is 131 Å². The van der Waals surface area contributed by atoms with Gasteiger partial charge in [-0.2, -0.15) is 0 Å². The van der Waals surface area contributed by atoms with Crippen LogP contribution in [-0.2, 0) is 0 Å². The van der Waals surface area contributed by atoms with Gasteiger partial charge in [-0.25, -0.2) is 0 Å². The smallest absolute Gasteiger partial charge is 0.251 e. The van der Waals surface area contributed by atoms with E-state index in [0.717, 1.165) is 18.9 Å². The topological polar surface area (TPSA) is 32.3 Å². The number of hydrogen-bond acceptors (Lipinski definition) is 2. The first-order chi connectivity index (χ1) is 10.1. The first-order valence-corrected chi connectivity index (χ1v) is 8.26. The molecule has 1 saturated heterocycles. The van der Waals surface area contributed by atoms with Gasteiger partial charge in [-0.15, -0.1) is 0 Å². The summed E-state index contributed by atoms with van der Waals surface area (Å²) in [6, 6.07) is 7.52. The molecule has 0 unspecified atom stereocenters. The molecule has 1 aromatic carbocycles. The molecule has 0 aromatic heterocycles. The molecule has 1 heterocycles. The van der Waals surface area contributed by atoms with E-state index in [-0.39, 0.29) is 5.91 Å². The van der Waals surface area contributed by atoms with Crippen molar-refractivity contribution in [2.75, 3.05) is 20.1 Å². The molecular weight excluding hydrogens is 284 g/mol. The first kappa shape index (κ1) is 14.9. The predicted molar refractivity (Wildman–Crippen MR) is 85.7 cm³/mol. The molecule has 3 rings (SSSR count). The minimum absolute atomic E-state index is 0.0158. The van der Waals surface area contributed by atoms with Gasteiger partial charge in [0, 0.05) is 23.2 Å². The number of piperidine rings is 1. The Bertz CT molecular complexity index is 519. The maximum Gasteiger partial charge on any atom is 0.251 e. The molecule has 2 aliphatic rings. The molecule has 0 spiro atoms. The molecule has 21 heavy (non-hydrogen) atoms. The number of carbonyl (C=O) groups is 1. The van der Waals surface area contributed by atoms with Crippen LogP contribution in [0.15, 0.2) is 24.3 Å². The fourth-order valence-electron chi connectivity index (χ4n) is 3.94. The van der Waals surface area contributed by atoms with Gasteiger partial charge in [-0.05, 0) is 62.9 Å². The largest absolute Gasteiger partial charge is 0.349 e. The molecule has 1 aromatic rings. The van der Waals surface area contributed by atoms with Gasteiger partial charge < -0.3 is 10.2 Å². The van der Waals surface area contributed by atoms with Crippen LogP contribution in [0.25, 0.3) is 0 Å². The third kappa shape index (κ3) is 3.41. The molecule has 0 bridgehead atoms. The molecular formula is C17H23ClN2O. The van der Waals surface area contributed by atoms with E-state index in [1.165, 1.54) is 25.8 Å². The summed E-state index contributed by atoms with van der Waals surface area (Å²) in [4.78, 5) is 14.8. The Kier molecular flexibility index (Phi) is 4.51. The molecule has 1 aliphatic carbocycles. The fraction of sp³-hybridized carbons (Fsp3) is 0.588. The van der Waals surface area contributed by atoms with Crippen LogP contribution in [0.3, 0.4) is 0 Å². The average molecular weight is 307 g/mol. The quantitative estimate of drug-likeness (QED) is 0.910. The van der Waals surface area contributed by atoms with Crippen molar-refractivity contribution in [1.82, 2.24) is 10.2 Å². The van der Waals surface area contributed by atoms with Crippen molar-refractivity contribution in [2.45, 2.75) is 31.7 Å². The fourth-order valence-corrected chi connectivity index (χ4v) is 4.13. The Morgan fingerprint density at radius 3 is 3.00 bits per heavy atom. The Hall–Kier alpha value is -1.06. The van der Waals surface area contributed by atoms with Crippen molar-refractivity contribution in [2.24, 2.45) is 11.8 Å². The van der Waals surface area contributed by atoms with Crippen molar-refractivity contribution >= 4 is 17.5 Å². The molecule has 114 valence electrons. The number of likely N-dealkylation sites (tertiary alicyclic amines) is 1. The first-order valence-electron chi connectivity index (χ1n) is 7.88. The number of halogens is 1. The molecule has 1 N–H and O–H groups in total. The Morgan fingerprint density at radius 2 is 2.19 bits per heavy atom. The highest BCUT2D eigenvalue weighted by molar-refractivity contribution is 6.30. The number of nitrogens with zero attached hydrogens (tertiary/aromatic N) is 1. The SMILES string of the molecule is CN1CC[C@H]2[C@@H](CCC[C@@H]2NC(=O)c2cccc(Cl)c2)C1. The molecule has 1 amide bonds. The zero-order valence-corrected chi connectivity index (χ0v) is 13.3. The molecule has 0 radical (unpaired) electrons. The molecule has 2 fully saturated rings. The van der Waals surface area contributed by atoms with Crippen molar-refractivity contribution in [3.63, 3.8) is 0 Å². The highest BCUT2D eigenvalue weighted by Crippen LogP contribution is 2.36. The van der Waals surface area contributed by atoms with Gasteiger partial charge in [0.25, 0.3) is 5.91 Å². The van der Waals surface area contributed by atoms with E-state index >= 15 is 0 Å². The second-order valence-corrected chi connectivity index (χ2v) is 6.93. The molecule has 3 atom stereocenters. The van der Waals surface area contributed by atoms with Crippen LogP contribution in [0.1, 0.15) is 36.0 Å². The van der Waals surface area contributed by atoms with Crippen LogP contribution >= 0.6 is 11.6 Å². The third-order valence-corrected chi connectivity index (χ3v) is 5.24. The van der Waals surface area contributed by atoms with Gasteiger partial charge in [-0.1, -0.05) is 24.1 Å². The van der Waals surface area contributed by atoms with E-state index in [2.05, 4.69) is 17.3 Å². The van der Waals surface area contributed by atoms with E-state index < -0.39 is 0 Å². The van der Waals surface area contributed by atoms with E-state index in [1.54, 1.807) is 12.1 Å². The van der Waals surface area contributed by atoms with E-state index in [4.69, 9.17) is 11.6 Å². The van der Waals surface area contributed by atoms with E-state index in [1.807, 2.05) is 12.1 Å². The molecule has 4 heteroatoms. The number of amides is 1. The minimum atomic E-state index is 0.0158. The summed E-state index contributed by atoms with van der Waals surface area (Å²) in [6.07, 6.45) is 4.83. The Morgan fingerprint density at radius 1 is 1.33 bits per heavy atom. The van der Waals surface area contributed by atoms with Gasteiger partial charge in [0.2, 0.25) is 0 Å². The maximum absolute atomic E-state index is 12.4. The van der Waals surface area contributed by atoms with Crippen molar-refractivity contribution < 1.29 is 4.79 Å². The number of rotatable bonds is 2. The van der Waals surface area contributed by atoms with Crippen LogP contribution in [0.4, 0.5) is 0 Å². The van der Waals surface area contributed by atoms with Crippen LogP contribution in [0.2, 0.25) is 5.02 Å². The number of fused-ring (bicyclic) bond motifs is 1. The van der Waals surface area contributed by atoms with Crippen LogP contribution < -0.4 is 5.32 Å². The van der Waals surface area contributed by atoms with E-state index in [0.29, 0.717) is 22.5 Å². The van der Waals surface area contributed by atoms with Gasteiger partial charge in [-0.3, -0.25) is 4.79 Å². The lowest BCUT2D eigenvalue weighted by Gasteiger charge is -2.44. The summed E-state index contributed by atoms with van der Waals surface area (Å²) in [7, 11) is 2.20. The lowest BCUT2D eigenvalue weighted by Crippen LogP contribution is -2.51. The summed E-state index contributed by atoms with van der Waals surface area (Å²) >= 11 is 5.97. The van der Waals surface area contributed by atoms with Crippen molar-refractivity contribution in [3.05, 3.63) is 34.9 Å². The number of nitrogens with one attached hydrogen (secondary N) is 1. The zero-order valence-electron chi connectivity index (χ0n) is 12.5. The van der Waals surface area contributed by atoms with Crippen molar-refractivity contribution in [1.29, 1.82) is 0 Å². The summed E-state index contributed by atoms with van der Waals surface area (Å²) in [5, 5.41) is 3.87. The van der Waals surface area contributed by atoms with Gasteiger partial charge in [0.05, 0.1) is 0 Å². The minimum Gasteiger partial charge on any atom is -0.349 e. The lowest BCUT2D eigenvalue weighted by atomic mass is 9.72. The second kappa shape index (κ2) is 6.37.